The van der Waals surface area contributed by atoms with Crippen molar-refractivity contribution in [3.63, 3.8) is 0 Å². The lowest BCUT2D eigenvalue weighted by molar-refractivity contribution is 0.0914. The van der Waals surface area contributed by atoms with E-state index in [-0.39, 0.29) is 6.10 Å². The van der Waals surface area contributed by atoms with E-state index >= 15 is 0 Å². The summed E-state index contributed by atoms with van der Waals surface area (Å²) >= 11 is 0. The number of benzene rings is 1. The Morgan fingerprint density at radius 2 is 2.24 bits per heavy atom. The molecule has 1 aliphatic rings. The molecule has 90 valence electrons. The van der Waals surface area contributed by atoms with Crippen LogP contribution in [0.3, 0.4) is 0 Å². The summed E-state index contributed by atoms with van der Waals surface area (Å²) in [4.78, 5) is 0. The first-order valence-corrected chi connectivity index (χ1v) is 6.12. The van der Waals surface area contributed by atoms with Gasteiger partial charge in [-0.1, -0.05) is 18.2 Å². The fourth-order valence-electron chi connectivity index (χ4n) is 2.67. The van der Waals surface area contributed by atoms with Gasteiger partial charge in [0.05, 0.1) is 12.4 Å². The van der Waals surface area contributed by atoms with E-state index in [2.05, 4.69) is 11.4 Å². The van der Waals surface area contributed by atoms with Crippen molar-refractivity contribution >= 4 is 11.0 Å². The lowest BCUT2D eigenvalue weighted by Gasteiger charge is -2.17. The third-order valence-electron chi connectivity index (χ3n) is 3.50. The summed E-state index contributed by atoms with van der Waals surface area (Å²) in [6.45, 7) is 1.83. The smallest absolute Gasteiger partial charge is 0.134 e. The Hall–Kier alpha value is -1.32. The minimum absolute atomic E-state index is 0.172. The summed E-state index contributed by atoms with van der Waals surface area (Å²) < 4.78 is 11.5. The molecule has 1 N–H and O–H groups in total. The maximum absolute atomic E-state index is 5.87. The topological polar surface area (TPSA) is 34.4 Å². The van der Waals surface area contributed by atoms with Gasteiger partial charge in [-0.25, -0.2) is 0 Å². The van der Waals surface area contributed by atoms with E-state index in [1.165, 1.54) is 10.9 Å². The Labute approximate surface area is 101 Å². The van der Waals surface area contributed by atoms with E-state index in [1.807, 2.05) is 31.5 Å². The summed E-state index contributed by atoms with van der Waals surface area (Å²) in [7, 11) is 1.99. The summed E-state index contributed by atoms with van der Waals surface area (Å²) in [6, 6.07) is 8.15. The Kier molecular flexibility index (Phi) is 2.87. The molecule has 2 heterocycles. The molecule has 0 aliphatic carbocycles. The zero-order chi connectivity index (χ0) is 11.7. The first kappa shape index (κ1) is 10.8. The monoisotopic (exact) mass is 231 g/mol. The van der Waals surface area contributed by atoms with Gasteiger partial charge in [-0.3, -0.25) is 0 Å². The van der Waals surface area contributed by atoms with Crippen molar-refractivity contribution in [2.75, 3.05) is 20.2 Å². The molecule has 1 aliphatic heterocycles. The number of ether oxygens (including phenoxy) is 1. The standard InChI is InChI=1S/C14H17NO2/c1-15-8-10-6-7-16-14(10)12-9-17-13-5-3-2-4-11(12)13/h2-5,9-10,14-15H,6-8H2,1H3. The molecule has 1 aromatic carbocycles. The molecule has 0 radical (unpaired) electrons. The summed E-state index contributed by atoms with van der Waals surface area (Å²) in [5.74, 6) is 0.543. The average Bonchev–Trinajstić information content (AvgIpc) is 2.95. The highest BCUT2D eigenvalue weighted by molar-refractivity contribution is 5.81. The largest absolute Gasteiger partial charge is 0.464 e. The fourth-order valence-corrected chi connectivity index (χ4v) is 2.67. The van der Waals surface area contributed by atoms with Crippen LogP contribution in [0.15, 0.2) is 34.9 Å². The van der Waals surface area contributed by atoms with Gasteiger partial charge in [0, 0.05) is 30.0 Å². The Bertz CT molecular complexity index is 506. The highest BCUT2D eigenvalue weighted by Crippen LogP contribution is 2.38. The number of nitrogens with one attached hydrogen (secondary N) is 1. The highest BCUT2D eigenvalue weighted by Gasteiger charge is 2.31. The van der Waals surface area contributed by atoms with E-state index in [0.29, 0.717) is 5.92 Å². The number of furan rings is 1. The van der Waals surface area contributed by atoms with Crippen LogP contribution in [0.5, 0.6) is 0 Å². The predicted octanol–water partition coefficient (Wildman–Crippen LogP) is 2.73. The van der Waals surface area contributed by atoms with Crippen LogP contribution in [-0.4, -0.2) is 20.2 Å². The normalized spacial score (nSPS) is 24.5. The van der Waals surface area contributed by atoms with Crippen LogP contribution in [0.2, 0.25) is 0 Å². The number of fused-ring (bicyclic) bond motifs is 1. The van der Waals surface area contributed by atoms with Crippen molar-refractivity contribution in [3.8, 4) is 0 Å². The van der Waals surface area contributed by atoms with Gasteiger partial charge in [0.2, 0.25) is 0 Å². The second kappa shape index (κ2) is 4.51. The molecule has 1 aromatic heterocycles. The van der Waals surface area contributed by atoms with Crippen LogP contribution in [0.4, 0.5) is 0 Å². The number of para-hydroxylation sites is 1. The highest BCUT2D eigenvalue weighted by atomic mass is 16.5. The molecule has 17 heavy (non-hydrogen) atoms. The quantitative estimate of drug-likeness (QED) is 0.882. The second-order valence-electron chi connectivity index (χ2n) is 4.59. The van der Waals surface area contributed by atoms with E-state index in [4.69, 9.17) is 9.15 Å². The Morgan fingerprint density at radius 1 is 1.35 bits per heavy atom. The summed E-state index contributed by atoms with van der Waals surface area (Å²) in [5.41, 5.74) is 2.14. The van der Waals surface area contributed by atoms with Crippen LogP contribution < -0.4 is 5.32 Å². The van der Waals surface area contributed by atoms with Crippen molar-refractivity contribution in [3.05, 3.63) is 36.1 Å². The van der Waals surface area contributed by atoms with E-state index < -0.39 is 0 Å². The number of hydrogen-bond donors (Lipinski definition) is 1. The molecule has 3 heteroatoms. The van der Waals surface area contributed by atoms with Crippen molar-refractivity contribution in [1.82, 2.24) is 5.32 Å². The molecule has 0 bridgehead atoms. The summed E-state index contributed by atoms with van der Waals surface area (Å²) in [5, 5.41) is 4.42. The van der Waals surface area contributed by atoms with Gasteiger partial charge in [-0.15, -0.1) is 0 Å². The molecule has 2 unspecified atom stereocenters. The van der Waals surface area contributed by atoms with Gasteiger partial charge in [-0.2, -0.15) is 0 Å². The lowest BCUT2D eigenvalue weighted by atomic mass is 9.95. The van der Waals surface area contributed by atoms with Crippen molar-refractivity contribution in [2.45, 2.75) is 12.5 Å². The molecule has 2 atom stereocenters. The molecule has 0 spiro atoms. The molecule has 3 nitrogen and oxygen atoms in total. The first-order chi connectivity index (χ1) is 8.40. The third-order valence-corrected chi connectivity index (χ3v) is 3.50. The predicted molar refractivity (Wildman–Crippen MR) is 66.9 cm³/mol. The average molecular weight is 231 g/mol. The molecule has 3 rings (SSSR count). The van der Waals surface area contributed by atoms with Gasteiger partial charge in [0.25, 0.3) is 0 Å². The van der Waals surface area contributed by atoms with Crippen LogP contribution in [-0.2, 0) is 4.74 Å². The van der Waals surface area contributed by atoms with Gasteiger partial charge < -0.3 is 14.5 Å². The molecule has 0 amide bonds. The van der Waals surface area contributed by atoms with E-state index in [9.17, 15) is 0 Å². The SMILES string of the molecule is CNCC1CCOC1c1coc2ccccc12. The van der Waals surface area contributed by atoms with E-state index in [1.54, 1.807) is 0 Å². The first-order valence-electron chi connectivity index (χ1n) is 6.12. The number of hydrogen-bond acceptors (Lipinski definition) is 3. The van der Waals surface area contributed by atoms with Gasteiger partial charge in [0.15, 0.2) is 0 Å². The third kappa shape index (κ3) is 1.85. The van der Waals surface area contributed by atoms with Crippen LogP contribution >= 0.6 is 0 Å². The molecular weight excluding hydrogens is 214 g/mol. The van der Waals surface area contributed by atoms with Crippen LogP contribution in [0.25, 0.3) is 11.0 Å². The molecule has 1 fully saturated rings. The Morgan fingerprint density at radius 3 is 3.12 bits per heavy atom. The minimum atomic E-state index is 0.172. The minimum Gasteiger partial charge on any atom is -0.464 e. The molecule has 1 saturated heterocycles. The van der Waals surface area contributed by atoms with Crippen LogP contribution in [0.1, 0.15) is 18.1 Å². The molecule has 2 aromatic rings. The maximum atomic E-state index is 5.87. The van der Waals surface area contributed by atoms with Crippen LogP contribution in [0, 0.1) is 5.92 Å². The van der Waals surface area contributed by atoms with Gasteiger partial charge in [0.1, 0.15) is 5.58 Å². The lowest BCUT2D eigenvalue weighted by Crippen LogP contribution is -2.21. The second-order valence-corrected chi connectivity index (χ2v) is 4.59. The van der Waals surface area contributed by atoms with E-state index in [0.717, 1.165) is 25.2 Å². The Balaban J connectivity index is 1.97. The van der Waals surface area contributed by atoms with Gasteiger partial charge >= 0.3 is 0 Å². The molecular formula is C14H17NO2. The van der Waals surface area contributed by atoms with Crippen molar-refractivity contribution < 1.29 is 9.15 Å². The maximum Gasteiger partial charge on any atom is 0.134 e. The zero-order valence-corrected chi connectivity index (χ0v) is 9.98. The fraction of sp³-hybridized carbons (Fsp3) is 0.429. The van der Waals surface area contributed by atoms with Crippen molar-refractivity contribution in [2.24, 2.45) is 5.92 Å². The molecule has 0 saturated carbocycles. The number of rotatable bonds is 3. The van der Waals surface area contributed by atoms with Gasteiger partial charge in [-0.05, 0) is 19.5 Å². The summed E-state index contributed by atoms with van der Waals surface area (Å²) in [6.07, 6.45) is 3.14. The van der Waals surface area contributed by atoms with Crippen molar-refractivity contribution in [1.29, 1.82) is 0 Å². The zero-order valence-electron chi connectivity index (χ0n) is 9.98.